The van der Waals surface area contributed by atoms with Gasteiger partial charge in [-0.15, -0.1) is 0 Å². The van der Waals surface area contributed by atoms with Gasteiger partial charge in [0.2, 0.25) is 0 Å². The van der Waals surface area contributed by atoms with E-state index in [2.05, 4.69) is 18.8 Å². The summed E-state index contributed by atoms with van der Waals surface area (Å²) in [5.74, 6) is 0. The predicted molar refractivity (Wildman–Crippen MR) is 75.4 cm³/mol. The maximum absolute atomic E-state index is 5.87. The van der Waals surface area contributed by atoms with Gasteiger partial charge in [-0.3, -0.25) is 0 Å². The highest BCUT2D eigenvalue weighted by Gasteiger charge is 2.21. The predicted octanol–water partition coefficient (Wildman–Crippen LogP) is 2.77. The van der Waals surface area contributed by atoms with E-state index in [9.17, 15) is 0 Å². The van der Waals surface area contributed by atoms with Gasteiger partial charge in [-0.05, 0) is 38.0 Å². The van der Waals surface area contributed by atoms with Crippen LogP contribution in [0.2, 0.25) is 5.02 Å². The van der Waals surface area contributed by atoms with Gasteiger partial charge >= 0.3 is 0 Å². The largest absolute Gasteiger partial charge is 0.329 e. The van der Waals surface area contributed by atoms with E-state index in [1.54, 1.807) is 0 Å². The number of halogens is 1. The van der Waals surface area contributed by atoms with Crippen molar-refractivity contribution in [3.8, 4) is 0 Å². The SMILES string of the molecule is C=C(C)CNC(C)(CN)Cc1ccc(Cl)cc1. The lowest BCUT2D eigenvalue weighted by Crippen LogP contribution is -2.50. The topological polar surface area (TPSA) is 38.0 Å². The minimum atomic E-state index is -0.104. The molecule has 1 rings (SSSR count). The molecule has 0 aromatic heterocycles. The van der Waals surface area contributed by atoms with Gasteiger partial charge in [0.15, 0.2) is 0 Å². The van der Waals surface area contributed by atoms with E-state index in [1.165, 1.54) is 5.56 Å². The first-order valence-corrected chi connectivity index (χ1v) is 6.17. The van der Waals surface area contributed by atoms with E-state index in [4.69, 9.17) is 17.3 Å². The van der Waals surface area contributed by atoms with Crippen molar-refractivity contribution in [2.75, 3.05) is 13.1 Å². The smallest absolute Gasteiger partial charge is 0.0406 e. The third-order valence-electron chi connectivity index (χ3n) is 2.78. The Morgan fingerprint density at radius 2 is 2.00 bits per heavy atom. The van der Waals surface area contributed by atoms with Crippen molar-refractivity contribution in [2.45, 2.75) is 25.8 Å². The fraction of sp³-hybridized carbons (Fsp3) is 0.429. The molecule has 3 heteroatoms. The Balaban J connectivity index is 2.67. The van der Waals surface area contributed by atoms with E-state index in [0.29, 0.717) is 6.54 Å². The molecule has 0 bridgehead atoms. The molecule has 0 heterocycles. The van der Waals surface area contributed by atoms with Crippen LogP contribution in [-0.2, 0) is 6.42 Å². The lowest BCUT2D eigenvalue weighted by atomic mass is 9.92. The van der Waals surface area contributed by atoms with E-state index in [-0.39, 0.29) is 5.54 Å². The van der Waals surface area contributed by atoms with Gasteiger partial charge in [-0.25, -0.2) is 0 Å². The van der Waals surface area contributed by atoms with Crippen LogP contribution < -0.4 is 11.1 Å². The molecule has 0 amide bonds. The molecule has 0 saturated heterocycles. The van der Waals surface area contributed by atoms with Crippen molar-refractivity contribution in [1.82, 2.24) is 5.32 Å². The molecule has 1 aromatic carbocycles. The molecular formula is C14H21ClN2. The van der Waals surface area contributed by atoms with Crippen LogP contribution in [0.5, 0.6) is 0 Å². The van der Waals surface area contributed by atoms with Crippen LogP contribution in [0.4, 0.5) is 0 Å². The van der Waals surface area contributed by atoms with Crippen molar-refractivity contribution >= 4 is 11.6 Å². The zero-order valence-corrected chi connectivity index (χ0v) is 11.3. The average molecular weight is 253 g/mol. The summed E-state index contributed by atoms with van der Waals surface area (Å²) in [6.07, 6.45) is 0.883. The quantitative estimate of drug-likeness (QED) is 0.764. The Kier molecular flexibility index (Phi) is 5.19. The minimum Gasteiger partial charge on any atom is -0.329 e. The molecule has 0 aliphatic rings. The Morgan fingerprint density at radius 3 is 2.47 bits per heavy atom. The molecular weight excluding hydrogens is 232 g/mol. The summed E-state index contributed by atoms with van der Waals surface area (Å²) in [5.41, 5.74) is 8.09. The third-order valence-corrected chi connectivity index (χ3v) is 3.03. The first-order chi connectivity index (χ1) is 7.95. The Hall–Kier alpha value is -0.830. The molecule has 0 radical (unpaired) electrons. The van der Waals surface area contributed by atoms with Gasteiger partial charge in [-0.1, -0.05) is 35.9 Å². The van der Waals surface area contributed by atoms with Crippen LogP contribution >= 0.6 is 11.6 Å². The second-order valence-corrected chi connectivity index (χ2v) is 5.32. The second kappa shape index (κ2) is 6.20. The molecule has 1 unspecified atom stereocenters. The van der Waals surface area contributed by atoms with Crippen LogP contribution in [0, 0.1) is 0 Å². The lowest BCUT2D eigenvalue weighted by molar-refractivity contribution is 0.375. The Morgan fingerprint density at radius 1 is 1.41 bits per heavy atom. The van der Waals surface area contributed by atoms with Crippen molar-refractivity contribution in [3.63, 3.8) is 0 Å². The summed E-state index contributed by atoms with van der Waals surface area (Å²) in [5, 5.41) is 4.21. The van der Waals surface area contributed by atoms with Gasteiger partial charge in [-0.2, -0.15) is 0 Å². The molecule has 1 atom stereocenters. The van der Waals surface area contributed by atoms with Crippen LogP contribution in [0.1, 0.15) is 19.4 Å². The lowest BCUT2D eigenvalue weighted by Gasteiger charge is -2.30. The van der Waals surface area contributed by atoms with E-state index < -0.39 is 0 Å². The molecule has 94 valence electrons. The van der Waals surface area contributed by atoms with Gasteiger partial charge < -0.3 is 11.1 Å². The summed E-state index contributed by atoms with van der Waals surface area (Å²) in [4.78, 5) is 0. The Bertz CT molecular complexity index is 372. The molecule has 0 fully saturated rings. The highest BCUT2D eigenvalue weighted by molar-refractivity contribution is 6.30. The van der Waals surface area contributed by atoms with Crippen LogP contribution in [-0.4, -0.2) is 18.6 Å². The van der Waals surface area contributed by atoms with Gasteiger partial charge in [0.1, 0.15) is 0 Å². The maximum atomic E-state index is 5.87. The monoisotopic (exact) mass is 252 g/mol. The standard InChI is InChI=1S/C14H21ClN2/c1-11(2)9-17-14(3,10-16)8-12-4-6-13(15)7-5-12/h4-7,17H,1,8-10,16H2,2-3H3. The molecule has 2 nitrogen and oxygen atoms in total. The summed E-state index contributed by atoms with van der Waals surface area (Å²) < 4.78 is 0. The molecule has 0 aliphatic carbocycles. The van der Waals surface area contributed by atoms with Crippen molar-refractivity contribution in [1.29, 1.82) is 0 Å². The van der Waals surface area contributed by atoms with Crippen LogP contribution in [0.3, 0.4) is 0 Å². The normalized spacial score (nSPS) is 14.4. The van der Waals surface area contributed by atoms with Gasteiger partial charge in [0, 0.05) is 23.7 Å². The molecule has 0 spiro atoms. The van der Waals surface area contributed by atoms with Crippen LogP contribution in [0.15, 0.2) is 36.4 Å². The fourth-order valence-electron chi connectivity index (χ4n) is 1.62. The van der Waals surface area contributed by atoms with Gasteiger partial charge in [0.05, 0.1) is 0 Å². The van der Waals surface area contributed by atoms with E-state index in [1.807, 2.05) is 31.2 Å². The molecule has 0 saturated carbocycles. The first kappa shape index (κ1) is 14.2. The van der Waals surface area contributed by atoms with Crippen molar-refractivity contribution in [2.24, 2.45) is 5.73 Å². The zero-order valence-electron chi connectivity index (χ0n) is 10.6. The molecule has 1 aromatic rings. The average Bonchev–Trinajstić information content (AvgIpc) is 2.30. The summed E-state index contributed by atoms with van der Waals surface area (Å²) in [6.45, 7) is 9.41. The second-order valence-electron chi connectivity index (χ2n) is 4.88. The number of nitrogens with one attached hydrogen (secondary N) is 1. The first-order valence-electron chi connectivity index (χ1n) is 5.79. The highest BCUT2D eigenvalue weighted by atomic mass is 35.5. The van der Waals surface area contributed by atoms with E-state index >= 15 is 0 Å². The number of nitrogens with two attached hydrogens (primary N) is 1. The van der Waals surface area contributed by atoms with Crippen LogP contribution in [0.25, 0.3) is 0 Å². The number of hydrogen-bond acceptors (Lipinski definition) is 2. The fourth-order valence-corrected chi connectivity index (χ4v) is 1.75. The summed E-state index contributed by atoms with van der Waals surface area (Å²) in [7, 11) is 0. The zero-order chi connectivity index (χ0) is 12.9. The number of rotatable bonds is 6. The minimum absolute atomic E-state index is 0.104. The summed E-state index contributed by atoms with van der Waals surface area (Å²) >= 11 is 5.87. The van der Waals surface area contributed by atoms with Crippen molar-refractivity contribution in [3.05, 3.63) is 47.0 Å². The third kappa shape index (κ3) is 4.90. The highest BCUT2D eigenvalue weighted by Crippen LogP contribution is 2.15. The Labute approximate surface area is 109 Å². The molecule has 17 heavy (non-hydrogen) atoms. The van der Waals surface area contributed by atoms with Gasteiger partial charge in [0.25, 0.3) is 0 Å². The number of benzene rings is 1. The molecule has 0 aliphatic heterocycles. The van der Waals surface area contributed by atoms with E-state index in [0.717, 1.165) is 23.6 Å². The number of hydrogen-bond donors (Lipinski definition) is 2. The van der Waals surface area contributed by atoms with Crippen molar-refractivity contribution < 1.29 is 0 Å². The molecule has 3 N–H and O–H groups in total. The summed E-state index contributed by atoms with van der Waals surface area (Å²) in [6, 6.07) is 7.90. The maximum Gasteiger partial charge on any atom is 0.0406 e.